The Bertz CT molecular complexity index is 362. The zero-order chi connectivity index (χ0) is 9.26. The van der Waals surface area contributed by atoms with Crippen LogP contribution in [-0.4, -0.2) is 19.9 Å². The van der Waals surface area contributed by atoms with Crippen LogP contribution in [0.15, 0.2) is 12.4 Å². The van der Waals surface area contributed by atoms with Crippen molar-refractivity contribution in [3.8, 4) is 0 Å². The van der Waals surface area contributed by atoms with Crippen LogP contribution in [0.1, 0.15) is 11.4 Å². The van der Waals surface area contributed by atoms with Gasteiger partial charge in [-0.2, -0.15) is 0 Å². The molecule has 2 aromatic rings. The van der Waals surface area contributed by atoms with Crippen molar-refractivity contribution in [2.45, 2.75) is 6.42 Å². The average Bonchev–Trinajstić information content (AvgIpc) is 2.62. The van der Waals surface area contributed by atoms with Crippen LogP contribution in [0.25, 0.3) is 0 Å². The van der Waals surface area contributed by atoms with Gasteiger partial charge < -0.3 is 21.4 Å². The van der Waals surface area contributed by atoms with Crippen molar-refractivity contribution >= 4 is 11.9 Å². The number of imidazole rings is 2. The topological polar surface area (TPSA) is 109 Å². The fraction of sp³-hybridized carbons (Fsp3) is 0.143. The van der Waals surface area contributed by atoms with E-state index in [9.17, 15) is 0 Å². The summed E-state index contributed by atoms with van der Waals surface area (Å²) in [6.45, 7) is 0. The predicted molar refractivity (Wildman–Crippen MR) is 48.8 cm³/mol. The second-order valence-electron chi connectivity index (χ2n) is 2.76. The molecular formula is C7H10N6. The number of nitrogen functional groups attached to an aromatic ring is 2. The number of nitrogens with one attached hydrogen (secondary N) is 2. The minimum Gasteiger partial charge on any atom is -0.369 e. The van der Waals surface area contributed by atoms with Crippen LogP contribution >= 0.6 is 0 Å². The lowest BCUT2D eigenvalue weighted by atomic mass is 10.3. The maximum atomic E-state index is 5.42. The number of rotatable bonds is 2. The molecule has 0 unspecified atom stereocenters. The van der Waals surface area contributed by atoms with Crippen LogP contribution in [0, 0.1) is 0 Å². The highest BCUT2D eigenvalue weighted by atomic mass is 15.0. The van der Waals surface area contributed by atoms with Crippen LogP contribution in [0.4, 0.5) is 11.9 Å². The molecule has 0 aliphatic carbocycles. The number of aromatic amines is 2. The Kier molecular flexibility index (Phi) is 1.66. The summed E-state index contributed by atoms with van der Waals surface area (Å²) >= 11 is 0. The van der Waals surface area contributed by atoms with Crippen molar-refractivity contribution < 1.29 is 0 Å². The molecule has 2 heterocycles. The molecule has 13 heavy (non-hydrogen) atoms. The van der Waals surface area contributed by atoms with Crippen LogP contribution in [-0.2, 0) is 6.42 Å². The Morgan fingerprint density at radius 1 is 1.00 bits per heavy atom. The lowest BCUT2D eigenvalue weighted by molar-refractivity contribution is 1.06. The Morgan fingerprint density at radius 2 is 1.46 bits per heavy atom. The van der Waals surface area contributed by atoms with Crippen LogP contribution in [0.3, 0.4) is 0 Å². The third-order valence-electron chi connectivity index (χ3n) is 1.68. The molecule has 2 aromatic heterocycles. The number of aromatic nitrogens is 4. The van der Waals surface area contributed by atoms with E-state index in [0.29, 0.717) is 18.3 Å². The van der Waals surface area contributed by atoms with Crippen molar-refractivity contribution in [3.05, 3.63) is 23.8 Å². The van der Waals surface area contributed by atoms with Crippen molar-refractivity contribution in [2.24, 2.45) is 0 Å². The van der Waals surface area contributed by atoms with E-state index in [2.05, 4.69) is 19.9 Å². The molecule has 0 aliphatic heterocycles. The first-order valence-electron chi connectivity index (χ1n) is 3.83. The summed E-state index contributed by atoms with van der Waals surface area (Å²) in [5, 5.41) is 0. The number of anilines is 2. The summed E-state index contributed by atoms with van der Waals surface area (Å²) in [5.74, 6) is 0.838. The quantitative estimate of drug-likeness (QED) is 0.514. The third kappa shape index (κ3) is 1.61. The first-order valence-corrected chi connectivity index (χ1v) is 3.83. The van der Waals surface area contributed by atoms with Gasteiger partial charge in [0.05, 0.1) is 12.4 Å². The van der Waals surface area contributed by atoms with Crippen LogP contribution in [0.5, 0.6) is 0 Å². The standard InChI is InChI=1S/C7H10N6/c8-6-10-2-4(12-6)1-5-3-11-7(9)13-5/h2-3H,1H2,(H3,8,10,12)(H3,9,11,13). The highest BCUT2D eigenvalue weighted by molar-refractivity contribution is 5.24. The summed E-state index contributed by atoms with van der Waals surface area (Å²) in [6, 6.07) is 0. The normalized spacial score (nSPS) is 10.5. The van der Waals surface area contributed by atoms with E-state index in [-0.39, 0.29) is 0 Å². The van der Waals surface area contributed by atoms with Gasteiger partial charge in [0, 0.05) is 17.8 Å². The summed E-state index contributed by atoms with van der Waals surface area (Å²) in [7, 11) is 0. The van der Waals surface area contributed by atoms with Gasteiger partial charge in [0.1, 0.15) is 0 Å². The zero-order valence-corrected chi connectivity index (χ0v) is 6.91. The fourth-order valence-corrected chi connectivity index (χ4v) is 1.14. The zero-order valence-electron chi connectivity index (χ0n) is 6.91. The molecule has 6 N–H and O–H groups in total. The number of H-pyrrole nitrogens is 2. The highest BCUT2D eigenvalue weighted by Crippen LogP contribution is 2.06. The number of hydrogen-bond acceptors (Lipinski definition) is 4. The van der Waals surface area contributed by atoms with Crippen LogP contribution < -0.4 is 11.5 Å². The molecule has 0 aromatic carbocycles. The van der Waals surface area contributed by atoms with E-state index in [1.165, 1.54) is 0 Å². The smallest absolute Gasteiger partial charge is 0.197 e. The Morgan fingerprint density at radius 3 is 1.77 bits per heavy atom. The minimum absolute atomic E-state index is 0.419. The summed E-state index contributed by atoms with van der Waals surface area (Å²) in [5.41, 5.74) is 12.7. The molecule has 0 fully saturated rings. The van der Waals surface area contributed by atoms with E-state index in [0.717, 1.165) is 11.4 Å². The van der Waals surface area contributed by atoms with Gasteiger partial charge in [-0.3, -0.25) is 0 Å². The molecule has 68 valence electrons. The van der Waals surface area contributed by atoms with Crippen molar-refractivity contribution in [1.82, 2.24) is 19.9 Å². The maximum Gasteiger partial charge on any atom is 0.197 e. The lowest BCUT2D eigenvalue weighted by Gasteiger charge is -1.91. The summed E-state index contributed by atoms with van der Waals surface area (Å²) in [4.78, 5) is 13.6. The molecule has 0 aliphatic rings. The molecule has 6 nitrogen and oxygen atoms in total. The Labute approximate surface area is 74.4 Å². The van der Waals surface area contributed by atoms with Crippen molar-refractivity contribution in [2.75, 3.05) is 11.5 Å². The monoisotopic (exact) mass is 178 g/mol. The van der Waals surface area contributed by atoms with E-state index in [1.807, 2.05) is 0 Å². The summed E-state index contributed by atoms with van der Waals surface area (Å²) < 4.78 is 0. The Hall–Kier alpha value is -1.98. The fourth-order valence-electron chi connectivity index (χ4n) is 1.14. The van der Waals surface area contributed by atoms with E-state index < -0.39 is 0 Å². The lowest BCUT2D eigenvalue weighted by Crippen LogP contribution is -1.91. The van der Waals surface area contributed by atoms with Gasteiger partial charge in [-0.15, -0.1) is 0 Å². The second-order valence-corrected chi connectivity index (χ2v) is 2.76. The first kappa shape index (κ1) is 7.66. The maximum absolute atomic E-state index is 5.42. The number of hydrogen-bond donors (Lipinski definition) is 4. The highest BCUT2D eigenvalue weighted by Gasteiger charge is 2.01. The largest absolute Gasteiger partial charge is 0.369 e. The van der Waals surface area contributed by atoms with Crippen molar-refractivity contribution in [1.29, 1.82) is 0 Å². The molecule has 0 amide bonds. The van der Waals surface area contributed by atoms with E-state index >= 15 is 0 Å². The molecular weight excluding hydrogens is 168 g/mol. The van der Waals surface area contributed by atoms with Gasteiger partial charge >= 0.3 is 0 Å². The number of nitrogens with zero attached hydrogens (tertiary/aromatic N) is 2. The molecule has 0 bridgehead atoms. The SMILES string of the molecule is Nc1ncc(Cc2cnc(N)[nH]2)[nH]1. The molecule has 0 atom stereocenters. The molecule has 0 saturated carbocycles. The molecule has 0 spiro atoms. The van der Waals surface area contributed by atoms with Gasteiger partial charge in [-0.25, -0.2) is 9.97 Å². The summed E-state index contributed by atoms with van der Waals surface area (Å²) in [6.07, 6.45) is 4.05. The van der Waals surface area contributed by atoms with Gasteiger partial charge in [-0.1, -0.05) is 0 Å². The molecule has 0 radical (unpaired) electrons. The average molecular weight is 178 g/mol. The van der Waals surface area contributed by atoms with E-state index in [4.69, 9.17) is 11.5 Å². The predicted octanol–water partition coefficient (Wildman–Crippen LogP) is -0.112. The van der Waals surface area contributed by atoms with Gasteiger partial charge in [0.25, 0.3) is 0 Å². The Balaban J connectivity index is 2.14. The van der Waals surface area contributed by atoms with Crippen molar-refractivity contribution in [3.63, 3.8) is 0 Å². The first-order chi connectivity index (χ1) is 6.24. The van der Waals surface area contributed by atoms with Gasteiger partial charge in [-0.05, 0) is 0 Å². The minimum atomic E-state index is 0.419. The van der Waals surface area contributed by atoms with E-state index in [1.54, 1.807) is 12.4 Å². The second kappa shape index (κ2) is 2.81. The third-order valence-corrected chi connectivity index (χ3v) is 1.68. The van der Waals surface area contributed by atoms with Gasteiger partial charge in [0.2, 0.25) is 0 Å². The van der Waals surface area contributed by atoms with Crippen LogP contribution in [0.2, 0.25) is 0 Å². The molecule has 6 heteroatoms. The molecule has 2 rings (SSSR count). The number of nitrogens with two attached hydrogens (primary N) is 2. The molecule has 0 saturated heterocycles. The van der Waals surface area contributed by atoms with Gasteiger partial charge in [0.15, 0.2) is 11.9 Å².